The second kappa shape index (κ2) is 8.05. The van der Waals surface area contributed by atoms with Crippen molar-refractivity contribution in [3.63, 3.8) is 0 Å². The molecule has 104 valence electrons. The Labute approximate surface area is 107 Å². The molecule has 1 aliphatic rings. The number of carbonyl (C=O) groups excluding carboxylic acids is 1. The van der Waals surface area contributed by atoms with Crippen molar-refractivity contribution in [3.8, 4) is 0 Å². The third-order valence-electron chi connectivity index (χ3n) is 3.14. The van der Waals surface area contributed by atoms with Crippen LogP contribution < -0.4 is 0 Å². The summed E-state index contributed by atoms with van der Waals surface area (Å²) in [5, 5.41) is 17.4. The number of aliphatic hydroxyl groups is 1. The molecule has 1 fully saturated rings. The molecule has 1 aliphatic heterocycles. The van der Waals surface area contributed by atoms with E-state index in [0.717, 1.165) is 26.1 Å². The van der Waals surface area contributed by atoms with Gasteiger partial charge in [-0.2, -0.15) is 0 Å². The van der Waals surface area contributed by atoms with Gasteiger partial charge in [-0.05, 0) is 19.4 Å². The van der Waals surface area contributed by atoms with Gasteiger partial charge in [0.05, 0.1) is 6.61 Å². The molecule has 0 bridgehead atoms. The lowest BCUT2D eigenvalue weighted by atomic mass is 10.2. The van der Waals surface area contributed by atoms with Crippen molar-refractivity contribution in [2.24, 2.45) is 0 Å². The SMILES string of the molecule is O=C(O)CCCC(=O)N1CCCN(CCO)CC1. The Kier molecular flexibility index (Phi) is 6.67. The minimum absolute atomic E-state index is 0.0436. The average molecular weight is 258 g/mol. The van der Waals surface area contributed by atoms with Crippen LogP contribution in [0.1, 0.15) is 25.7 Å². The van der Waals surface area contributed by atoms with Crippen molar-refractivity contribution in [2.75, 3.05) is 39.3 Å². The summed E-state index contributed by atoms with van der Waals surface area (Å²) in [4.78, 5) is 26.2. The fourth-order valence-corrected chi connectivity index (χ4v) is 2.13. The lowest BCUT2D eigenvalue weighted by Gasteiger charge is -2.21. The Morgan fingerprint density at radius 3 is 2.50 bits per heavy atom. The number of aliphatic hydroxyl groups excluding tert-OH is 1. The van der Waals surface area contributed by atoms with E-state index in [2.05, 4.69) is 4.90 Å². The second-order valence-electron chi connectivity index (χ2n) is 4.55. The molecule has 0 spiro atoms. The van der Waals surface area contributed by atoms with Crippen molar-refractivity contribution in [3.05, 3.63) is 0 Å². The highest BCUT2D eigenvalue weighted by molar-refractivity contribution is 5.77. The van der Waals surface area contributed by atoms with Crippen LogP contribution in [0.15, 0.2) is 0 Å². The molecule has 0 radical (unpaired) electrons. The highest BCUT2D eigenvalue weighted by atomic mass is 16.4. The predicted octanol–water partition coefficient (Wildman–Crippen LogP) is -0.232. The van der Waals surface area contributed by atoms with E-state index >= 15 is 0 Å². The van der Waals surface area contributed by atoms with Gasteiger partial charge in [0.2, 0.25) is 5.91 Å². The van der Waals surface area contributed by atoms with E-state index in [-0.39, 0.29) is 18.9 Å². The molecule has 0 aromatic heterocycles. The lowest BCUT2D eigenvalue weighted by molar-refractivity contribution is -0.137. The summed E-state index contributed by atoms with van der Waals surface area (Å²) in [6, 6.07) is 0. The molecule has 0 aromatic rings. The van der Waals surface area contributed by atoms with Crippen molar-refractivity contribution in [1.82, 2.24) is 9.80 Å². The third kappa shape index (κ3) is 5.46. The molecule has 0 atom stereocenters. The number of amides is 1. The summed E-state index contributed by atoms with van der Waals surface area (Å²) in [6.45, 7) is 3.89. The quantitative estimate of drug-likeness (QED) is 0.687. The molecule has 6 nitrogen and oxygen atoms in total. The predicted molar refractivity (Wildman–Crippen MR) is 66.2 cm³/mol. The Morgan fingerprint density at radius 2 is 1.83 bits per heavy atom. The molecule has 0 aromatic carbocycles. The summed E-state index contributed by atoms with van der Waals surface area (Å²) in [5.41, 5.74) is 0. The standard InChI is InChI=1S/C12H22N2O4/c15-10-9-13-5-2-6-14(8-7-13)11(16)3-1-4-12(17)18/h15H,1-10H2,(H,17,18). The molecule has 1 heterocycles. The molecular weight excluding hydrogens is 236 g/mol. The summed E-state index contributed by atoms with van der Waals surface area (Å²) in [7, 11) is 0. The fraction of sp³-hybridized carbons (Fsp3) is 0.833. The highest BCUT2D eigenvalue weighted by Crippen LogP contribution is 2.07. The van der Waals surface area contributed by atoms with Gasteiger partial charge in [-0.3, -0.25) is 14.5 Å². The molecule has 6 heteroatoms. The number of hydrogen-bond acceptors (Lipinski definition) is 4. The van der Waals surface area contributed by atoms with Gasteiger partial charge < -0.3 is 15.1 Å². The molecule has 0 unspecified atom stereocenters. The number of aliphatic carboxylic acids is 1. The zero-order valence-corrected chi connectivity index (χ0v) is 10.7. The number of carbonyl (C=O) groups is 2. The smallest absolute Gasteiger partial charge is 0.303 e. The van der Waals surface area contributed by atoms with E-state index in [1.54, 1.807) is 4.90 Å². The van der Waals surface area contributed by atoms with Gasteiger partial charge in [-0.25, -0.2) is 0 Å². The Hall–Kier alpha value is -1.14. The van der Waals surface area contributed by atoms with Crippen LogP contribution in [-0.2, 0) is 9.59 Å². The number of hydrogen-bond donors (Lipinski definition) is 2. The molecule has 1 saturated heterocycles. The summed E-state index contributed by atoms with van der Waals surface area (Å²) in [6.07, 6.45) is 1.68. The minimum atomic E-state index is -0.854. The van der Waals surface area contributed by atoms with E-state index in [4.69, 9.17) is 10.2 Å². The zero-order valence-electron chi connectivity index (χ0n) is 10.7. The van der Waals surface area contributed by atoms with Crippen LogP contribution in [0.25, 0.3) is 0 Å². The molecule has 18 heavy (non-hydrogen) atoms. The first kappa shape index (κ1) is 14.9. The van der Waals surface area contributed by atoms with Crippen LogP contribution in [0.5, 0.6) is 0 Å². The number of β-amino-alcohol motifs (C(OH)–C–C–N with tert-alkyl or cyclic N) is 1. The first-order valence-electron chi connectivity index (χ1n) is 6.46. The molecule has 0 aliphatic carbocycles. The Bertz CT molecular complexity index is 283. The van der Waals surface area contributed by atoms with E-state index in [9.17, 15) is 9.59 Å². The maximum absolute atomic E-state index is 11.9. The molecule has 1 rings (SSSR count). The largest absolute Gasteiger partial charge is 0.481 e. The molecule has 2 N–H and O–H groups in total. The monoisotopic (exact) mass is 258 g/mol. The summed E-state index contributed by atoms with van der Waals surface area (Å²) < 4.78 is 0. The van der Waals surface area contributed by atoms with Gasteiger partial charge in [-0.1, -0.05) is 0 Å². The maximum Gasteiger partial charge on any atom is 0.303 e. The second-order valence-corrected chi connectivity index (χ2v) is 4.55. The first-order valence-corrected chi connectivity index (χ1v) is 6.46. The minimum Gasteiger partial charge on any atom is -0.481 e. The van der Waals surface area contributed by atoms with Crippen molar-refractivity contribution >= 4 is 11.9 Å². The number of carboxylic acids is 1. The number of rotatable bonds is 6. The van der Waals surface area contributed by atoms with E-state index in [0.29, 0.717) is 25.9 Å². The third-order valence-corrected chi connectivity index (χ3v) is 3.14. The molecule has 1 amide bonds. The van der Waals surface area contributed by atoms with Crippen LogP contribution in [0.2, 0.25) is 0 Å². The maximum atomic E-state index is 11.9. The van der Waals surface area contributed by atoms with Crippen molar-refractivity contribution < 1.29 is 19.8 Å². The van der Waals surface area contributed by atoms with Crippen molar-refractivity contribution in [1.29, 1.82) is 0 Å². The van der Waals surface area contributed by atoms with Crippen molar-refractivity contribution in [2.45, 2.75) is 25.7 Å². The molecule has 0 saturated carbocycles. The van der Waals surface area contributed by atoms with E-state index in [1.807, 2.05) is 0 Å². The number of nitrogens with zero attached hydrogens (tertiary/aromatic N) is 2. The Morgan fingerprint density at radius 1 is 1.06 bits per heavy atom. The van der Waals surface area contributed by atoms with Crippen LogP contribution in [0.3, 0.4) is 0 Å². The van der Waals surface area contributed by atoms with Gasteiger partial charge >= 0.3 is 5.97 Å². The fourth-order valence-electron chi connectivity index (χ4n) is 2.13. The highest BCUT2D eigenvalue weighted by Gasteiger charge is 2.18. The van der Waals surface area contributed by atoms with Gasteiger partial charge in [0.25, 0.3) is 0 Å². The van der Waals surface area contributed by atoms with Crippen LogP contribution in [0, 0.1) is 0 Å². The normalized spacial score (nSPS) is 17.5. The van der Waals surface area contributed by atoms with Gasteiger partial charge in [0.15, 0.2) is 0 Å². The van der Waals surface area contributed by atoms with Crippen LogP contribution >= 0.6 is 0 Å². The van der Waals surface area contributed by atoms with Crippen LogP contribution in [-0.4, -0.2) is 71.2 Å². The van der Waals surface area contributed by atoms with Gasteiger partial charge in [-0.15, -0.1) is 0 Å². The summed E-state index contributed by atoms with van der Waals surface area (Å²) in [5.74, 6) is -0.810. The van der Waals surface area contributed by atoms with Gasteiger partial charge in [0.1, 0.15) is 0 Å². The first-order chi connectivity index (χ1) is 8.63. The summed E-state index contributed by atoms with van der Waals surface area (Å²) >= 11 is 0. The number of carboxylic acid groups (broad SMARTS) is 1. The lowest BCUT2D eigenvalue weighted by Crippen LogP contribution is -2.35. The zero-order chi connectivity index (χ0) is 13.4. The topological polar surface area (TPSA) is 81.1 Å². The van der Waals surface area contributed by atoms with E-state index < -0.39 is 5.97 Å². The van der Waals surface area contributed by atoms with E-state index in [1.165, 1.54) is 0 Å². The average Bonchev–Trinajstić information content (AvgIpc) is 2.54. The van der Waals surface area contributed by atoms with Crippen LogP contribution in [0.4, 0.5) is 0 Å². The Balaban J connectivity index is 2.28. The van der Waals surface area contributed by atoms with Gasteiger partial charge in [0, 0.05) is 39.0 Å². The molecular formula is C12H22N2O4.